The summed E-state index contributed by atoms with van der Waals surface area (Å²) in [5, 5.41) is 5.50. The molecule has 1 aliphatic heterocycles. The quantitative estimate of drug-likeness (QED) is 0.454. The predicted octanol–water partition coefficient (Wildman–Crippen LogP) is 3.98. The van der Waals surface area contributed by atoms with Crippen LogP contribution in [0.5, 0.6) is 0 Å². The second-order valence-electron chi connectivity index (χ2n) is 5.19. The van der Waals surface area contributed by atoms with Gasteiger partial charge >= 0.3 is 0 Å². The summed E-state index contributed by atoms with van der Waals surface area (Å²) in [6.07, 6.45) is 0. The van der Waals surface area contributed by atoms with Crippen molar-refractivity contribution in [3.05, 3.63) is 60.2 Å². The molecule has 0 bridgehead atoms. The number of rotatable bonds is 1. The van der Waals surface area contributed by atoms with Gasteiger partial charge in [-0.3, -0.25) is 4.90 Å². The Balaban J connectivity index is 2.15. The molecule has 3 aromatic carbocycles. The summed E-state index contributed by atoms with van der Waals surface area (Å²) in [7, 11) is 2.19. The first-order valence-electron chi connectivity index (χ1n) is 6.45. The monoisotopic (exact) mass is 233 g/mol. The van der Waals surface area contributed by atoms with Gasteiger partial charge in [0, 0.05) is 12.6 Å². The molecule has 1 heterocycles. The van der Waals surface area contributed by atoms with Gasteiger partial charge in [-0.15, -0.1) is 0 Å². The Morgan fingerprint density at radius 2 is 1.50 bits per heavy atom. The van der Waals surface area contributed by atoms with Crippen LogP contribution in [0.25, 0.3) is 21.5 Å². The van der Waals surface area contributed by atoms with Crippen molar-refractivity contribution in [2.45, 2.75) is 6.04 Å². The largest absolute Gasteiger partial charge is 0.296 e. The van der Waals surface area contributed by atoms with Crippen molar-refractivity contribution in [1.29, 1.82) is 0 Å². The Morgan fingerprint density at radius 1 is 0.889 bits per heavy atom. The minimum atomic E-state index is 0.611. The number of hydrogen-bond donors (Lipinski definition) is 0. The molecule has 0 amide bonds. The third-order valence-electron chi connectivity index (χ3n) is 4.02. The second-order valence-corrected chi connectivity index (χ2v) is 5.19. The van der Waals surface area contributed by atoms with Gasteiger partial charge in [-0.2, -0.15) is 0 Å². The molecule has 0 aromatic heterocycles. The Morgan fingerprint density at radius 3 is 2.22 bits per heavy atom. The summed E-state index contributed by atoms with van der Waals surface area (Å²) >= 11 is 0. The van der Waals surface area contributed by atoms with E-state index >= 15 is 0 Å². The lowest BCUT2D eigenvalue weighted by Crippen LogP contribution is -1.91. The molecule has 2 unspecified atom stereocenters. The minimum absolute atomic E-state index is 0.611. The molecule has 3 aromatic rings. The third-order valence-corrected chi connectivity index (χ3v) is 4.02. The van der Waals surface area contributed by atoms with E-state index in [9.17, 15) is 0 Å². The van der Waals surface area contributed by atoms with Crippen molar-refractivity contribution in [3.63, 3.8) is 0 Å². The zero-order valence-corrected chi connectivity index (χ0v) is 10.4. The van der Waals surface area contributed by atoms with E-state index in [1.54, 1.807) is 0 Å². The Kier molecular flexibility index (Phi) is 2.00. The van der Waals surface area contributed by atoms with E-state index in [4.69, 9.17) is 0 Å². The molecule has 1 aliphatic rings. The van der Waals surface area contributed by atoms with E-state index in [0.717, 1.165) is 0 Å². The number of likely N-dealkylation sites (N-methyl/N-ethyl adjacent to an activating group) is 1. The molecule has 0 N–H and O–H groups in total. The first-order chi connectivity index (χ1) is 8.84. The minimum Gasteiger partial charge on any atom is -0.296 e. The topological polar surface area (TPSA) is 3.01 Å². The van der Waals surface area contributed by atoms with Crippen molar-refractivity contribution >= 4 is 21.5 Å². The highest BCUT2D eigenvalue weighted by molar-refractivity contribution is 6.09. The van der Waals surface area contributed by atoms with Gasteiger partial charge in [0.1, 0.15) is 0 Å². The molecular weight excluding hydrogens is 218 g/mol. The van der Waals surface area contributed by atoms with Crippen molar-refractivity contribution in [2.75, 3.05) is 13.6 Å². The molecule has 88 valence electrons. The highest BCUT2D eigenvalue weighted by Gasteiger charge is 2.32. The fourth-order valence-corrected chi connectivity index (χ4v) is 2.92. The Hall–Kier alpha value is -1.86. The van der Waals surface area contributed by atoms with E-state index in [0.29, 0.717) is 6.04 Å². The lowest BCUT2D eigenvalue weighted by atomic mass is 9.96. The van der Waals surface area contributed by atoms with E-state index < -0.39 is 0 Å². The summed E-state index contributed by atoms with van der Waals surface area (Å²) in [4.78, 5) is 2.39. The van der Waals surface area contributed by atoms with Crippen LogP contribution in [-0.2, 0) is 0 Å². The lowest BCUT2D eigenvalue weighted by Gasteiger charge is -2.09. The third kappa shape index (κ3) is 1.37. The van der Waals surface area contributed by atoms with Crippen molar-refractivity contribution in [1.82, 2.24) is 4.90 Å². The van der Waals surface area contributed by atoms with Gasteiger partial charge in [-0.25, -0.2) is 0 Å². The van der Waals surface area contributed by atoms with E-state index in [2.05, 4.69) is 66.5 Å². The first kappa shape index (κ1) is 10.1. The number of benzene rings is 3. The molecule has 2 atom stereocenters. The number of hydrogen-bond acceptors (Lipinski definition) is 1. The van der Waals surface area contributed by atoms with Gasteiger partial charge < -0.3 is 0 Å². The molecule has 18 heavy (non-hydrogen) atoms. The van der Waals surface area contributed by atoms with Crippen LogP contribution in [-0.4, -0.2) is 18.5 Å². The number of fused-ring (bicyclic) bond motifs is 3. The van der Waals surface area contributed by atoms with Crippen LogP contribution >= 0.6 is 0 Å². The fraction of sp³-hybridized carbons (Fsp3) is 0.176. The Labute approximate surface area is 107 Å². The standard InChI is InChI=1S/C17H15N/c1-18-11-17(18)16-10-12-6-2-3-7-13(12)14-8-4-5-9-15(14)16/h2-10,17H,11H2,1H3. The molecule has 0 spiro atoms. The summed E-state index contributed by atoms with van der Waals surface area (Å²) in [6, 6.07) is 20.4. The maximum absolute atomic E-state index is 2.39. The molecule has 1 saturated heterocycles. The van der Waals surface area contributed by atoms with E-state index in [-0.39, 0.29) is 0 Å². The highest BCUT2D eigenvalue weighted by atomic mass is 15.3. The van der Waals surface area contributed by atoms with Crippen LogP contribution in [0.15, 0.2) is 54.6 Å². The average molecular weight is 233 g/mol. The molecule has 1 heteroatoms. The van der Waals surface area contributed by atoms with Crippen molar-refractivity contribution in [2.24, 2.45) is 0 Å². The SMILES string of the molecule is CN1CC1c1cc2ccccc2c2ccccc12. The predicted molar refractivity (Wildman–Crippen MR) is 76.8 cm³/mol. The smallest absolute Gasteiger partial charge is 0.0479 e. The van der Waals surface area contributed by atoms with Crippen LogP contribution in [0.2, 0.25) is 0 Å². The highest BCUT2D eigenvalue weighted by Crippen LogP contribution is 2.39. The first-order valence-corrected chi connectivity index (χ1v) is 6.45. The maximum Gasteiger partial charge on any atom is 0.0479 e. The van der Waals surface area contributed by atoms with Crippen molar-refractivity contribution < 1.29 is 0 Å². The summed E-state index contributed by atoms with van der Waals surface area (Å²) in [5.41, 5.74) is 1.48. The van der Waals surface area contributed by atoms with Gasteiger partial charge in [-0.05, 0) is 40.2 Å². The fourth-order valence-electron chi connectivity index (χ4n) is 2.92. The second kappa shape index (κ2) is 3.56. The van der Waals surface area contributed by atoms with Gasteiger partial charge in [-0.1, -0.05) is 48.5 Å². The molecule has 0 radical (unpaired) electrons. The number of nitrogens with zero attached hydrogens (tertiary/aromatic N) is 1. The van der Waals surface area contributed by atoms with Crippen LogP contribution in [0.3, 0.4) is 0 Å². The van der Waals surface area contributed by atoms with Gasteiger partial charge in [0.25, 0.3) is 0 Å². The Bertz CT molecular complexity index is 745. The van der Waals surface area contributed by atoms with E-state index in [1.807, 2.05) is 0 Å². The summed E-state index contributed by atoms with van der Waals surface area (Å²) < 4.78 is 0. The molecule has 4 rings (SSSR count). The van der Waals surface area contributed by atoms with Crippen LogP contribution in [0, 0.1) is 0 Å². The molecule has 1 nitrogen and oxygen atoms in total. The van der Waals surface area contributed by atoms with Crippen molar-refractivity contribution in [3.8, 4) is 0 Å². The van der Waals surface area contributed by atoms with Crippen LogP contribution in [0.4, 0.5) is 0 Å². The zero-order chi connectivity index (χ0) is 12.1. The normalized spacial score (nSPS) is 22.5. The molecule has 0 aliphatic carbocycles. The lowest BCUT2D eigenvalue weighted by molar-refractivity contribution is 0.633. The molecule has 0 saturated carbocycles. The van der Waals surface area contributed by atoms with E-state index in [1.165, 1.54) is 33.7 Å². The molecule has 1 fully saturated rings. The maximum atomic E-state index is 2.39. The van der Waals surface area contributed by atoms with Gasteiger partial charge in [0.15, 0.2) is 0 Å². The zero-order valence-electron chi connectivity index (χ0n) is 10.4. The average Bonchev–Trinajstić information content (AvgIpc) is 3.15. The molecular formula is C17H15N. The summed E-state index contributed by atoms with van der Waals surface area (Å²) in [6.45, 7) is 1.18. The van der Waals surface area contributed by atoms with Crippen LogP contribution < -0.4 is 0 Å². The van der Waals surface area contributed by atoms with Gasteiger partial charge in [0.2, 0.25) is 0 Å². The van der Waals surface area contributed by atoms with Gasteiger partial charge in [0.05, 0.1) is 0 Å². The summed E-state index contributed by atoms with van der Waals surface area (Å²) in [5.74, 6) is 0. The van der Waals surface area contributed by atoms with Crippen LogP contribution in [0.1, 0.15) is 11.6 Å².